The van der Waals surface area contributed by atoms with Crippen LogP contribution in [0.2, 0.25) is 0 Å². The van der Waals surface area contributed by atoms with E-state index in [9.17, 15) is 27.9 Å². The van der Waals surface area contributed by atoms with E-state index in [1.165, 1.54) is 0 Å². The highest BCUT2D eigenvalue weighted by Crippen LogP contribution is 2.60. The number of aliphatic hydroxyl groups is 1. The molecule has 2 fully saturated rings. The molecule has 1 aromatic carbocycles. The standard InChI is InChI=1S/C25H31F3N4O3S/c1-3-10-29-21(24(8-9-24)25(26,27)28)23(35)32-13-18(33)11-19(32)22(34)30-12-16-4-6-17(7-5-16)20-15(2)31-14-36-20/h4-7,14,18-19,21,29,33H,3,8-13H2,1-2H3,(H,30,34). The zero-order valence-electron chi connectivity index (χ0n) is 20.3. The second kappa shape index (κ2) is 10.5. The third-order valence-electron chi connectivity index (χ3n) is 7.04. The maximum atomic E-state index is 13.9. The van der Waals surface area contributed by atoms with Crippen LogP contribution in [0.4, 0.5) is 13.2 Å². The number of hydrogen-bond acceptors (Lipinski definition) is 6. The van der Waals surface area contributed by atoms with Gasteiger partial charge in [-0.05, 0) is 43.9 Å². The van der Waals surface area contributed by atoms with Crippen molar-refractivity contribution in [2.24, 2.45) is 5.41 Å². The van der Waals surface area contributed by atoms with E-state index in [4.69, 9.17) is 0 Å². The molecule has 1 aromatic heterocycles. The van der Waals surface area contributed by atoms with E-state index in [-0.39, 0.29) is 38.9 Å². The lowest BCUT2D eigenvalue weighted by Gasteiger charge is -2.34. The molecule has 4 rings (SSSR count). The van der Waals surface area contributed by atoms with E-state index < -0.39 is 41.6 Å². The van der Waals surface area contributed by atoms with Gasteiger partial charge in [0.1, 0.15) is 12.1 Å². The number of likely N-dealkylation sites (tertiary alicyclic amines) is 1. The molecule has 0 radical (unpaired) electrons. The number of aliphatic hydroxyl groups excluding tert-OH is 1. The van der Waals surface area contributed by atoms with E-state index in [0.29, 0.717) is 6.42 Å². The normalized spacial score (nSPS) is 21.9. The number of carbonyl (C=O) groups excluding carboxylic acids is 2. The number of benzene rings is 1. The van der Waals surface area contributed by atoms with E-state index in [1.807, 2.05) is 38.1 Å². The van der Waals surface area contributed by atoms with Crippen LogP contribution in [0.15, 0.2) is 29.8 Å². The largest absolute Gasteiger partial charge is 0.396 e. The molecule has 2 aliphatic rings. The van der Waals surface area contributed by atoms with Gasteiger partial charge in [0.25, 0.3) is 0 Å². The Morgan fingerprint density at radius 1 is 1.28 bits per heavy atom. The number of halogens is 3. The minimum absolute atomic E-state index is 0.0132. The van der Waals surface area contributed by atoms with Crippen LogP contribution in [0.25, 0.3) is 10.4 Å². The summed E-state index contributed by atoms with van der Waals surface area (Å²) in [6, 6.07) is 5.14. The summed E-state index contributed by atoms with van der Waals surface area (Å²) in [5, 5.41) is 15.8. The van der Waals surface area contributed by atoms with Crippen LogP contribution < -0.4 is 10.6 Å². The summed E-state index contributed by atoms with van der Waals surface area (Å²) in [5.74, 6) is -1.27. The van der Waals surface area contributed by atoms with Crippen molar-refractivity contribution in [1.82, 2.24) is 20.5 Å². The first-order valence-corrected chi connectivity index (χ1v) is 13.0. The fourth-order valence-electron chi connectivity index (χ4n) is 4.81. The smallest absolute Gasteiger partial charge is 0.391 e. The monoisotopic (exact) mass is 524 g/mol. The molecule has 7 nitrogen and oxygen atoms in total. The maximum Gasteiger partial charge on any atom is 0.396 e. The second-order valence-corrected chi connectivity index (χ2v) is 10.5. The van der Waals surface area contributed by atoms with E-state index in [1.54, 1.807) is 16.8 Å². The van der Waals surface area contributed by atoms with Gasteiger partial charge in [0, 0.05) is 19.5 Å². The highest BCUT2D eigenvalue weighted by molar-refractivity contribution is 7.13. The van der Waals surface area contributed by atoms with Crippen LogP contribution in [0.1, 0.15) is 43.9 Å². The van der Waals surface area contributed by atoms with Gasteiger partial charge < -0.3 is 20.6 Å². The van der Waals surface area contributed by atoms with Crippen molar-refractivity contribution in [3.8, 4) is 10.4 Å². The van der Waals surface area contributed by atoms with Gasteiger partial charge in [0.15, 0.2) is 0 Å². The number of aryl methyl sites for hydroxylation is 1. The van der Waals surface area contributed by atoms with Crippen LogP contribution >= 0.6 is 11.3 Å². The Hall–Kier alpha value is -2.50. The number of β-amino-alcohol motifs (C(OH)–C–C–N with tert-alkyl or cyclic N) is 1. The Balaban J connectivity index is 1.44. The molecular formula is C25H31F3N4O3S. The van der Waals surface area contributed by atoms with E-state index in [2.05, 4.69) is 15.6 Å². The average molecular weight is 525 g/mol. The Labute approximate surface area is 212 Å². The van der Waals surface area contributed by atoms with Crippen molar-refractivity contribution >= 4 is 23.2 Å². The number of alkyl halides is 3. The first-order chi connectivity index (χ1) is 17.1. The molecule has 196 valence electrons. The van der Waals surface area contributed by atoms with Gasteiger partial charge in [-0.25, -0.2) is 4.98 Å². The number of rotatable bonds is 9. The number of amides is 2. The average Bonchev–Trinajstić information content (AvgIpc) is 3.40. The molecule has 1 saturated heterocycles. The van der Waals surface area contributed by atoms with Crippen LogP contribution in [0, 0.1) is 12.3 Å². The lowest BCUT2D eigenvalue weighted by molar-refractivity contribution is -0.199. The molecule has 2 amide bonds. The van der Waals surface area contributed by atoms with E-state index in [0.717, 1.165) is 26.6 Å². The fraction of sp³-hybridized carbons (Fsp3) is 0.560. The predicted octanol–water partition coefficient (Wildman–Crippen LogP) is 3.41. The quantitative estimate of drug-likeness (QED) is 0.468. The molecule has 1 aliphatic carbocycles. The molecule has 3 unspecified atom stereocenters. The number of nitrogens with zero attached hydrogens (tertiary/aromatic N) is 2. The van der Waals surface area contributed by atoms with Crippen molar-refractivity contribution < 1.29 is 27.9 Å². The number of aromatic nitrogens is 1. The predicted molar refractivity (Wildman–Crippen MR) is 130 cm³/mol. The molecule has 0 spiro atoms. The Morgan fingerprint density at radius 3 is 2.53 bits per heavy atom. The lowest BCUT2D eigenvalue weighted by Crippen LogP contribution is -2.58. The minimum atomic E-state index is -4.53. The minimum Gasteiger partial charge on any atom is -0.391 e. The summed E-state index contributed by atoms with van der Waals surface area (Å²) < 4.78 is 41.6. The molecule has 2 aromatic rings. The molecule has 3 N–H and O–H groups in total. The molecule has 2 heterocycles. The van der Waals surface area contributed by atoms with Crippen molar-refractivity contribution in [2.75, 3.05) is 13.1 Å². The maximum absolute atomic E-state index is 13.9. The summed E-state index contributed by atoms with van der Waals surface area (Å²) in [7, 11) is 0. The number of thiazole rings is 1. The Bertz CT molecular complexity index is 1080. The van der Waals surface area contributed by atoms with Gasteiger partial charge in [0.05, 0.1) is 27.6 Å². The molecule has 1 saturated carbocycles. The SMILES string of the molecule is CCCNC(C(=O)N1CC(O)CC1C(=O)NCc1ccc(-c2scnc2C)cc1)C1(C(F)(F)F)CC1. The summed E-state index contributed by atoms with van der Waals surface area (Å²) in [4.78, 5) is 32.8. The first kappa shape index (κ1) is 26.6. The number of hydrogen-bond donors (Lipinski definition) is 3. The van der Waals surface area contributed by atoms with Crippen LogP contribution in [0.3, 0.4) is 0 Å². The van der Waals surface area contributed by atoms with Crippen LogP contribution in [-0.2, 0) is 16.1 Å². The van der Waals surface area contributed by atoms with Crippen molar-refractivity contribution in [3.05, 3.63) is 41.0 Å². The van der Waals surface area contributed by atoms with Gasteiger partial charge in [0.2, 0.25) is 11.8 Å². The topological polar surface area (TPSA) is 94.6 Å². The van der Waals surface area contributed by atoms with Crippen molar-refractivity contribution in [2.45, 2.75) is 70.4 Å². The van der Waals surface area contributed by atoms with Crippen LogP contribution in [0.5, 0.6) is 0 Å². The highest BCUT2D eigenvalue weighted by Gasteiger charge is 2.69. The molecule has 1 aliphatic heterocycles. The Morgan fingerprint density at radius 2 is 1.97 bits per heavy atom. The lowest BCUT2D eigenvalue weighted by atomic mass is 9.93. The summed E-state index contributed by atoms with van der Waals surface area (Å²) in [6.45, 7) is 4.02. The summed E-state index contributed by atoms with van der Waals surface area (Å²) in [6.07, 6.45) is -5.22. The van der Waals surface area contributed by atoms with Gasteiger partial charge in [-0.2, -0.15) is 13.2 Å². The molecule has 36 heavy (non-hydrogen) atoms. The molecule has 3 atom stereocenters. The highest BCUT2D eigenvalue weighted by atomic mass is 32.1. The van der Waals surface area contributed by atoms with Crippen molar-refractivity contribution in [3.63, 3.8) is 0 Å². The first-order valence-electron chi connectivity index (χ1n) is 12.1. The van der Waals surface area contributed by atoms with Crippen molar-refractivity contribution in [1.29, 1.82) is 0 Å². The molecule has 0 bridgehead atoms. The number of carbonyl (C=O) groups is 2. The zero-order chi connectivity index (χ0) is 26.1. The zero-order valence-corrected chi connectivity index (χ0v) is 21.1. The van der Waals surface area contributed by atoms with E-state index >= 15 is 0 Å². The Kier molecular flexibility index (Phi) is 7.72. The molecule has 11 heteroatoms. The molecular weight excluding hydrogens is 493 g/mol. The van der Waals surface area contributed by atoms with Gasteiger partial charge in [-0.1, -0.05) is 31.2 Å². The number of nitrogens with one attached hydrogen (secondary N) is 2. The van der Waals surface area contributed by atoms with Gasteiger partial charge >= 0.3 is 6.18 Å². The van der Waals surface area contributed by atoms with Gasteiger partial charge in [-0.3, -0.25) is 9.59 Å². The van der Waals surface area contributed by atoms with Gasteiger partial charge in [-0.15, -0.1) is 11.3 Å². The van der Waals surface area contributed by atoms with Crippen LogP contribution in [-0.4, -0.2) is 64.3 Å². The summed E-state index contributed by atoms with van der Waals surface area (Å²) in [5.41, 5.74) is 2.46. The summed E-state index contributed by atoms with van der Waals surface area (Å²) >= 11 is 1.54. The third-order valence-corrected chi connectivity index (χ3v) is 8.02. The third kappa shape index (κ3) is 5.28. The fourth-order valence-corrected chi connectivity index (χ4v) is 5.62. The second-order valence-electron chi connectivity index (χ2n) is 9.62.